The normalized spacial score (nSPS) is 22.1. The number of carbonyl (C=O) groups excluding carboxylic acids is 2. The maximum atomic E-state index is 12.7. The van der Waals surface area contributed by atoms with Crippen LogP contribution in [-0.4, -0.2) is 33.2 Å². The molecule has 0 radical (unpaired) electrons. The molecule has 0 bridgehead atoms. The molecule has 0 aliphatic carbocycles. The molecule has 1 atom stereocenters. The smallest absolute Gasteiger partial charge is 0.253 e. The molecule has 0 aromatic carbocycles. The minimum atomic E-state index is -0.885. The van der Waals surface area contributed by atoms with Gasteiger partial charge in [-0.2, -0.15) is 5.10 Å². The molecule has 1 N–H and O–H groups in total. The predicted octanol–water partition coefficient (Wildman–Crippen LogP) is 1.00. The van der Waals surface area contributed by atoms with Crippen molar-refractivity contribution in [2.24, 2.45) is 7.05 Å². The summed E-state index contributed by atoms with van der Waals surface area (Å²) in [4.78, 5) is 26.6. The average Bonchev–Trinajstić information content (AvgIpc) is 2.73. The van der Waals surface area contributed by atoms with Crippen LogP contribution in [0, 0.1) is 0 Å². The van der Waals surface area contributed by atoms with Crippen LogP contribution in [0.25, 0.3) is 0 Å². The van der Waals surface area contributed by atoms with Gasteiger partial charge in [0.25, 0.3) is 5.91 Å². The quantitative estimate of drug-likeness (QED) is 0.897. The number of nitrogens with zero attached hydrogens (tertiary/aromatic N) is 3. The Morgan fingerprint density at radius 2 is 2.00 bits per heavy atom. The van der Waals surface area contributed by atoms with Crippen molar-refractivity contribution in [1.29, 1.82) is 0 Å². The van der Waals surface area contributed by atoms with E-state index in [0.29, 0.717) is 6.42 Å². The van der Waals surface area contributed by atoms with Crippen LogP contribution in [0.2, 0.25) is 0 Å². The number of hydrogen-bond acceptors (Lipinski definition) is 3. The fourth-order valence-electron chi connectivity index (χ4n) is 2.63. The molecule has 1 saturated heterocycles. The molecule has 6 heteroatoms. The van der Waals surface area contributed by atoms with Crippen molar-refractivity contribution in [3.05, 3.63) is 11.9 Å². The van der Waals surface area contributed by atoms with Gasteiger partial charge in [-0.1, -0.05) is 13.8 Å². The Balaban J connectivity index is 2.53. The van der Waals surface area contributed by atoms with Gasteiger partial charge in [-0.15, -0.1) is 0 Å². The molecule has 1 aromatic heterocycles. The van der Waals surface area contributed by atoms with Crippen molar-refractivity contribution in [3.63, 3.8) is 0 Å². The number of aryl methyl sites for hydroxylation is 2. The molecule has 1 aromatic rings. The van der Waals surface area contributed by atoms with Crippen LogP contribution in [-0.2, 0) is 23.1 Å². The molecular formula is C14H22N4O2. The summed E-state index contributed by atoms with van der Waals surface area (Å²) in [7, 11) is 1.82. The van der Waals surface area contributed by atoms with Gasteiger partial charge in [0, 0.05) is 13.2 Å². The topological polar surface area (TPSA) is 67.2 Å². The van der Waals surface area contributed by atoms with Crippen LogP contribution in [0.1, 0.15) is 39.8 Å². The first kappa shape index (κ1) is 14.6. The van der Waals surface area contributed by atoms with Crippen LogP contribution in [0.15, 0.2) is 6.20 Å². The number of amides is 2. The SMILES string of the molecule is CCc1nn(C)cc1N1C(=O)C(C)(C)NC(=O)C1CC. The van der Waals surface area contributed by atoms with Crippen LogP contribution in [0.3, 0.4) is 0 Å². The highest BCUT2D eigenvalue weighted by atomic mass is 16.2. The summed E-state index contributed by atoms with van der Waals surface area (Å²) in [5.41, 5.74) is 0.698. The summed E-state index contributed by atoms with van der Waals surface area (Å²) in [5.74, 6) is -0.199. The lowest BCUT2D eigenvalue weighted by Gasteiger charge is -2.42. The van der Waals surface area contributed by atoms with Gasteiger partial charge in [-0.05, 0) is 26.7 Å². The van der Waals surface area contributed by atoms with Gasteiger partial charge < -0.3 is 5.32 Å². The average molecular weight is 278 g/mol. The third-order valence-corrected chi connectivity index (χ3v) is 3.67. The van der Waals surface area contributed by atoms with Gasteiger partial charge in [0.05, 0.1) is 11.4 Å². The van der Waals surface area contributed by atoms with E-state index < -0.39 is 11.6 Å². The van der Waals surface area contributed by atoms with E-state index in [2.05, 4.69) is 10.4 Å². The molecule has 110 valence electrons. The summed E-state index contributed by atoms with van der Waals surface area (Å²) >= 11 is 0. The number of rotatable bonds is 3. The third kappa shape index (κ3) is 2.19. The largest absolute Gasteiger partial charge is 0.340 e. The van der Waals surface area contributed by atoms with Crippen molar-refractivity contribution < 1.29 is 9.59 Å². The predicted molar refractivity (Wildman–Crippen MR) is 76.4 cm³/mol. The maximum Gasteiger partial charge on any atom is 0.253 e. The molecule has 2 amide bonds. The molecule has 2 heterocycles. The molecule has 0 spiro atoms. The highest BCUT2D eigenvalue weighted by Crippen LogP contribution is 2.29. The third-order valence-electron chi connectivity index (χ3n) is 3.67. The molecule has 1 unspecified atom stereocenters. The molecular weight excluding hydrogens is 256 g/mol. The van der Waals surface area contributed by atoms with E-state index in [9.17, 15) is 9.59 Å². The summed E-state index contributed by atoms with van der Waals surface area (Å²) in [6, 6.07) is -0.468. The van der Waals surface area contributed by atoms with E-state index in [1.807, 2.05) is 27.1 Å². The van der Waals surface area contributed by atoms with E-state index in [1.165, 1.54) is 0 Å². The van der Waals surface area contributed by atoms with E-state index >= 15 is 0 Å². The fraction of sp³-hybridized carbons (Fsp3) is 0.643. The Morgan fingerprint density at radius 3 is 2.55 bits per heavy atom. The second-order valence-corrected chi connectivity index (χ2v) is 5.70. The summed E-state index contributed by atoms with van der Waals surface area (Å²) in [6.07, 6.45) is 3.11. The highest BCUT2D eigenvalue weighted by Gasteiger charge is 2.46. The van der Waals surface area contributed by atoms with Crippen molar-refractivity contribution in [1.82, 2.24) is 15.1 Å². The first-order chi connectivity index (χ1) is 9.31. The summed E-state index contributed by atoms with van der Waals surface area (Å²) in [6.45, 7) is 7.36. The molecule has 20 heavy (non-hydrogen) atoms. The number of piperazine rings is 1. The lowest BCUT2D eigenvalue weighted by molar-refractivity contribution is -0.137. The Bertz CT molecular complexity index is 547. The monoisotopic (exact) mass is 278 g/mol. The minimum Gasteiger partial charge on any atom is -0.340 e. The minimum absolute atomic E-state index is 0.0911. The van der Waals surface area contributed by atoms with Crippen LogP contribution >= 0.6 is 0 Å². The lowest BCUT2D eigenvalue weighted by Crippen LogP contribution is -2.68. The Hall–Kier alpha value is -1.85. The van der Waals surface area contributed by atoms with Gasteiger partial charge in [-0.3, -0.25) is 19.2 Å². The molecule has 0 saturated carbocycles. The first-order valence-corrected chi connectivity index (χ1v) is 7.00. The maximum absolute atomic E-state index is 12.7. The summed E-state index contributed by atoms with van der Waals surface area (Å²) in [5, 5.41) is 7.16. The standard InChI is InChI=1S/C14H22N4O2/c1-6-9-11(8-17(5)16-9)18-10(7-2)12(19)15-14(3,4)13(18)20/h8,10H,6-7H2,1-5H3,(H,15,19). The number of hydrogen-bond donors (Lipinski definition) is 1. The van der Waals surface area contributed by atoms with Gasteiger partial charge in [0.15, 0.2) is 0 Å². The van der Waals surface area contributed by atoms with Crippen molar-refractivity contribution in [2.45, 2.75) is 52.1 Å². The number of aromatic nitrogens is 2. The van der Waals surface area contributed by atoms with Crippen LogP contribution < -0.4 is 10.2 Å². The zero-order valence-electron chi connectivity index (χ0n) is 12.7. The zero-order chi connectivity index (χ0) is 15.1. The van der Waals surface area contributed by atoms with E-state index in [4.69, 9.17) is 0 Å². The molecule has 1 aliphatic heterocycles. The van der Waals surface area contributed by atoms with Gasteiger partial charge in [0.2, 0.25) is 5.91 Å². The van der Waals surface area contributed by atoms with Crippen LogP contribution in [0.5, 0.6) is 0 Å². The Labute approximate surface area is 119 Å². The Kier molecular flexibility index (Phi) is 3.58. The first-order valence-electron chi connectivity index (χ1n) is 7.00. The van der Waals surface area contributed by atoms with Crippen molar-refractivity contribution in [3.8, 4) is 0 Å². The van der Waals surface area contributed by atoms with Crippen LogP contribution in [0.4, 0.5) is 5.69 Å². The lowest BCUT2D eigenvalue weighted by atomic mass is 9.95. The Morgan fingerprint density at radius 1 is 1.35 bits per heavy atom. The van der Waals surface area contributed by atoms with E-state index in [0.717, 1.165) is 17.8 Å². The van der Waals surface area contributed by atoms with Gasteiger partial charge >= 0.3 is 0 Å². The van der Waals surface area contributed by atoms with Gasteiger partial charge in [-0.25, -0.2) is 0 Å². The van der Waals surface area contributed by atoms with Crippen molar-refractivity contribution in [2.75, 3.05) is 4.90 Å². The zero-order valence-corrected chi connectivity index (χ0v) is 12.7. The van der Waals surface area contributed by atoms with Gasteiger partial charge in [0.1, 0.15) is 11.6 Å². The van der Waals surface area contributed by atoms with E-state index in [-0.39, 0.29) is 11.8 Å². The number of carbonyl (C=O) groups is 2. The van der Waals surface area contributed by atoms with E-state index in [1.54, 1.807) is 23.4 Å². The molecule has 1 aliphatic rings. The molecule has 2 rings (SSSR count). The van der Waals surface area contributed by atoms with Crippen molar-refractivity contribution >= 4 is 17.5 Å². The fourth-order valence-corrected chi connectivity index (χ4v) is 2.63. The second-order valence-electron chi connectivity index (χ2n) is 5.70. The number of anilines is 1. The summed E-state index contributed by atoms with van der Waals surface area (Å²) < 4.78 is 1.69. The highest BCUT2D eigenvalue weighted by molar-refractivity contribution is 6.10. The molecule has 1 fully saturated rings. The number of nitrogens with one attached hydrogen (secondary N) is 1. The molecule has 6 nitrogen and oxygen atoms in total. The second kappa shape index (κ2) is 4.92.